The van der Waals surface area contributed by atoms with E-state index >= 15 is 0 Å². The van der Waals surface area contributed by atoms with Crippen molar-refractivity contribution in [1.29, 1.82) is 0 Å². The van der Waals surface area contributed by atoms with Gasteiger partial charge in [0.15, 0.2) is 0 Å². The van der Waals surface area contributed by atoms with Gasteiger partial charge >= 0.3 is 17.4 Å². The summed E-state index contributed by atoms with van der Waals surface area (Å²) >= 11 is 0. The van der Waals surface area contributed by atoms with Crippen molar-refractivity contribution in [1.82, 2.24) is 4.90 Å². The van der Waals surface area contributed by atoms with Gasteiger partial charge in [0.25, 0.3) is 0 Å². The minimum Gasteiger partial charge on any atom is -0.462 e. The molecule has 51 heavy (non-hydrogen) atoms. The smallest absolute Gasteiger partial charge is 0.334 e. The van der Waals surface area contributed by atoms with Crippen molar-refractivity contribution in [3.05, 3.63) is 24.3 Å². The molecule has 1 aliphatic heterocycles. The second-order valence-electron chi connectivity index (χ2n) is 15.5. The van der Waals surface area contributed by atoms with E-state index in [1.54, 1.807) is 0 Å². The van der Waals surface area contributed by atoms with Crippen molar-refractivity contribution < 1.29 is 28.6 Å². The van der Waals surface area contributed by atoms with Crippen molar-refractivity contribution >= 4 is 26.0 Å². The first kappa shape index (κ1) is 47.3. The molecule has 1 heterocycles. The molecule has 0 saturated carbocycles. The molecule has 0 spiro atoms. The molecule has 0 N–H and O–H groups in total. The first-order chi connectivity index (χ1) is 24.8. The SMILES string of the molecule is CC(CC(=O)OC1CCCCCCCC/C=C\CCCCCOC(=O)PC(=O)OCCCCC/C=C\CCCCCCCC1)CC(C)CN(C)C. The monoisotopic (exact) mass is 736 g/mol. The van der Waals surface area contributed by atoms with E-state index in [1.165, 1.54) is 64.2 Å². The second kappa shape index (κ2) is 34.1. The van der Waals surface area contributed by atoms with Gasteiger partial charge in [-0.2, -0.15) is 0 Å². The molecule has 1 rings (SSSR count). The van der Waals surface area contributed by atoms with E-state index in [4.69, 9.17) is 14.2 Å². The average molecular weight is 736 g/mol. The molecule has 2 unspecified atom stereocenters. The van der Waals surface area contributed by atoms with Crippen LogP contribution in [0.3, 0.4) is 0 Å². The molecule has 0 aliphatic carbocycles. The number of hydrogen-bond donors (Lipinski definition) is 0. The Labute approximate surface area is 315 Å². The van der Waals surface area contributed by atoms with Crippen LogP contribution in [0.2, 0.25) is 0 Å². The zero-order valence-electron chi connectivity index (χ0n) is 33.4. The minimum absolute atomic E-state index is 0.00183. The van der Waals surface area contributed by atoms with Crippen LogP contribution in [0.15, 0.2) is 24.3 Å². The number of rotatable bonds is 7. The van der Waals surface area contributed by atoms with Crippen molar-refractivity contribution in [2.24, 2.45) is 11.8 Å². The van der Waals surface area contributed by atoms with Crippen LogP contribution >= 0.6 is 8.58 Å². The van der Waals surface area contributed by atoms with E-state index in [9.17, 15) is 14.4 Å². The Kier molecular flexibility index (Phi) is 31.6. The highest BCUT2D eigenvalue weighted by Crippen LogP contribution is 2.22. The molecular formula is C43H78NO6P. The molecule has 0 amide bonds. The van der Waals surface area contributed by atoms with Crippen molar-refractivity contribution in [2.45, 2.75) is 187 Å². The predicted molar refractivity (Wildman–Crippen MR) is 216 cm³/mol. The third kappa shape index (κ3) is 32.6. The Bertz CT molecular complexity index is 870. The number of carbonyl (C=O) groups excluding carboxylic acids is 3. The van der Waals surface area contributed by atoms with Gasteiger partial charge in [0.05, 0.1) is 13.2 Å². The number of allylic oxidation sites excluding steroid dienone is 4. The second-order valence-corrected chi connectivity index (χ2v) is 16.5. The molecule has 0 aromatic heterocycles. The number of ether oxygens (including phenoxy) is 3. The fourth-order valence-corrected chi connectivity index (χ4v) is 7.49. The lowest BCUT2D eigenvalue weighted by atomic mass is 9.94. The summed E-state index contributed by atoms with van der Waals surface area (Å²) in [7, 11) is 3.66. The highest BCUT2D eigenvalue weighted by atomic mass is 31.1. The molecule has 0 aromatic carbocycles. The van der Waals surface area contributed by atoms with Crippen LogP contribution in [-0.4, -0.2) is 62.2 Å². The Morgan fingerprint density at radius 3 is 1.47 bits per heavy atom. The average Bonchev–Trinajstić information content (AvgIpc) is 3.06. The van der Waals surface area contributed by atoms with E-state index in [0.29, 0.717) is 31.5 Å². The number of hydrogen-bond acceptors (Lipinski definition) is 7. The molecular weight excluding hydrogens is 657 g/mol. The van der Waals surface area contributed by atoms with Crippen molar-refractivity contribution in [3.8, 4) is 0 Å². The van der Waals surface area contributed by atoms with E-state index < -0.39 is 20.0 Å². The molecule has 0 aromatic rings. The fourth-order valence-electron chi connectivity index (χ4n) is 6.97. The highest BCUT2D eigenvalue weighted by Gasteiger charge is 2.19. The normalized spacial score (nSPS) is 24.1. The zero-order chi connectivity index (χ0) is 37.2. The standard InChI is InChI=1S/C43H78NO6P/c1-38(35-39(2)37-44(3)4)36-41(45)50-40-31-27-23-19-15-11-7-5-9-13-17-21-25-29-33-48-42(46)51-43(47)49-34-30-26-22-18-14-10-6-8-12-16-20-24-28-32-40/h9-10,13-14,38-40,51H,5-8,11-12,15-37H2,1-4H3/b13-9-,14-10-. The van der Waals surface area contributed by atoms with Gasteiger partial charge in [-0.15, -0.1) is 0 Å². The zero-order valence-corrected chi connectivity index (χ0v) is 34.4. The highest BCUT2D eigenvalue weighted by molar-refractivity contribution is 7.72. The third-order valence-corrected chi connectivity index (χ3v) is 10.3. The van der Waals surface area contributed by atoms with E-state index in [0.717, 1.165) is 103 Å². The van der Waals surface area contributed by atoms with E-state index in [1.807, 2.05) is 0 Å². The molecule has 8 heteroatoms. The first-order valence-electron chi connectivity index (χ1n) is 21.0. The summed E-state index contributed by atoms with van der Waals surface area (Å²) in [6.45, 7) is 6.27. The summed E-state index contributed by atoms with van der Waals surface area (Å²) in [5.74, 6) is 0.935. The molecule has 1 aliphatic rings. The van der Waals surface area contributed by atoms with Crippen LogP contribution in [0.25, 0.3) is 0 Å². The number of esters is 1. The van der Waals surface area contributed by atoms with Gasteiger partial charge in [0.2, 0.25) is 0 Å². The number of cyclic esters (lactones) is 2. The van der Waals surface area contributed by atoms with Gasteiger partial charge in [0, 0.05) is 13.0 Å². The summed E-state index contributed by atoms with van der Waals surface area (Å²) in [6, 6.07) is 0. The van der Waals surface area contributed by atoms with Gasteiger partial charge in [-0.05, 0) is 135 Å². The quantitative estimate of drug-likeness (QED) is 0.111. The van der Waals surface area contributed by atoms with Gasteiger partial charge in [-0.3, -0.25) is 4.79 Å². The number of carbonyl (C=O) groups is 3. The molecule has 0 bridgehead atoms. The van der Waals surface area contributed by atoms with Gasteiger partial charge in [-0.25, -0.2) is 9.59 Å². The summed E-state index contributed by atoms with van der Waals surface area (Å²) in [4.78, 5) is 39.0. The summed E-state index contributed by atoms with van der Waals surface area (Å²) in [5, 5.41) is 0. The van der Waals surface area contributed by atoms with Crippen molar-refractivity contribution in [3.63, 3.8) is 0 Å². The Morgan fingerprint density at radius 1 is 0.647 bits per heavy atom. The predicted octanol–water partition coefficient (Wildman–Crippen LogP) is 13.0. The maximum Gasteiger partial charge on any atom is 0.334 e. The molecule has 7 nitrogen and oxygen atoms in total. The molecule has 2 atom stereocenters. The molecule has 0 fully saturated rings. The largest absolute Gasteiger partial charge is 0.462 e. The summed E-state index contributed by atoms with van der Waals surface area (Å²) < 4.78 is 16.6. The Hall–Kier alpha value is -1.72. The maximum atomic E-state index is 12.9. The van der Waals surface area contributed by atoms with Crippen LogP contribution in [0.4, 0.5) is 9.59 Å². The van der Waals surface area contributed by atoms with Crippen LogP contribution in [0.1, 0.15) is 181 Å². The lowest BCUT2D eigenvalue weighted by Gasteiger charge is -2.22. The van der Waals surface area contributed by atoms with E-state index in [2.05, 4.69) is 57.1 Å². The topological polar surface area (TPSA) is 82.1 Å². The first-order valence-corrected chi connectivity index (χ1v) is 22.0. The summed E-state index contributed by atoms with van der Waals surface area (Å²) in [6.07, 6.45) is 37.8. The Morgan fingerprint density at radius 2 is 1.04 bits per heavy atom. The van der Waals surface area contributed by atoms with Gasteiger partial charge in [-0.1, -0.05) is 89.5 Å². The van der Waals surface area contributed by atoms with Gasteiger partial charge in [0.1, 0.15) is 14.7 Å². The molecule has 0 saturated heterocycles. The third-order valence-electron chi connectivity index (χ3n) is 9.62. The number of nitrogens with zero attached hydrogens (tertiary/aromatic N) is 1. The molecule has 296 valence electrons. The molecule has 0 radical (unpaired) electrons. The Balaban J connectivity index is 2.48. The fraction of sp³-hybridized carbons (Fsp3) is 0.837. The van der Waals surface area contributed by atoms with Crippen LogP contribution in [0.5, 0.6) is 0 Å². The van der Waals surface area contributed by atoms with Gasteiger partial charge < -0.3 is 19.1 Å². The van der Waals surface area contributed by atoms with Crippen LogP contribution in [-0.2, 0) is 19.0 Å². The van der Waals surface area contributed by atoms with Crippen molar-refractivity contribution in [2.75, 3.05) is 33.9 Å². The van der Waals surface area contributed by atoms with Crippen LogP contribution < -0.4 is 0 Å². The lowest BCUT2D eigenvalue weighted by Crippen LogP contribution is -2.23. The van der Waals surface area contributed by atoms with Crippen LogP contribution in [0, 0.1) is 11.8 Å². The lowest BCUT2D eigenvalue weighted by molar-refractivity contribution is -0.151. The summed E-state index contributed by atoms with van der Waals surface area (Å²) in [5.41, 5.74) is -0.917. The maximum absolute atomic E-state index is 12.9. The van der Waals surface area contributed by atoms with E-state index in [-0.39, 0.29) is 12.1 Å². The minimum atomic E-state index is -0.562.